The van der Waals surface area contributed by atoms with Crippen molar-refractivity contribution < 1.29 is 19.4 Å². The van der Waals surface area contributed by atoms with E-state index in [1.54, 1.807) is 0 Å². The number of ketones is 1. The van der Waals surface area contributed by atoms with Crippen LogP contribution in [0, 0.1) is 0 Å². The monoisotopic (exact) mass is 246 g/mol. The number of rotatable bonds is 1. The third kappa shape index (κ3) is 1.70. The first-order valence-corrected chi connectivity index (χ1v) is 6.00. The summed E-state index contributed by atoms with van der Waals surface area (Å²) in [5.74, 6) is -1.76. The Labute approximate surface area is 105 Å². The number of ether oxygens (including phenoxy) is 2. The van der Waals surface area contributed by atoms with Crippen molar-refractivity contribution in [2.45, 2.75) is 24.4 Å². The molecule has 3 rings (SSSR count). The molecule has 1 aromatic rings. The molecule has 18 heavy (non-hydrogen) atoms. The van der Waals surface area contributed by atoms with Crippen molar-refractivity contribution in [3.8, 4) is 0 Å². The van der Waals surface area contributed by atoms with Gasteiger partial charge in [-0.3, -0.25) is 4.79 Å². The molecule has 1 N–H and O–H groups in total. The lowest BCUT2D eigenvalue weighted by Crippen LogP contribution is -2.49. The Balaban J connectivity index is 2.01. The lowest BCUT2D eigenvalue weighted by atomic mass is 9.86. The summed E-state index contributed by atoms with van der Waals surface area (Å²) in [4.78, 5) is 12.1. The summed E-state index contributed by atoms with van der Waals surface area (Å²) in [5, 5.41) is 9.58. The molecule has 4 nitrogen and oxygen atoms in total. The van der Waals surface area contributed by atoms with Gasteiger partial charge in [-0.15, -0.1) is 0 Å². The summed E-state index contributed by atoms with van der Waals surface area (Å²) < 4.78 is 11.0. The summed E-state index contributed by atoms with van der Waals surface area (Å²) in [7, 11) is 0. The maximum Gasteiger partial charge on any atom is 0.242 e. The molecule has 1 fully saturated rings. The van der Waals surface area contributed by atoms with E-state index < -0.39 is 12.1 Å². The highest BCUT2D eigenvalue weighted by Crippen LogP contribution is 2.43. The van der Waals surface area contributed by atoms with Gasteiger partial charge in [-0.05, 0) is 24.1 Å². The highest BCUT2D eigenvalue weighted by atomic mass is 16.8. The quantitative estimate of drug-likeness (QED) is 0.813. The zero-order valence-electron chi connectivity index (χ0n) is 9.78. The van der Waals surface area contributed by atoms with Gasteiger partial charge in [0, 0.05) is 5.92 Å². The molecular weight excluding hydrogens is 232 g/mol. The fraction of sp³-hybridized carbons (Fsp3) is 0.357. The summed E-state index contributed by atoms with van der Waals surface area (Å²) in [6.07, 6.45) is 2.29. The minimum atomic E-state index is -1.35. The average Bonchev–Trinajstić information content (AvgIpc) is 2.80. The second-order valence-electron chi connectivity index (χ2n) is 4.50. The zero-order valence-corrected chi connectivity index (χ0v) is 9.78. The van der Waals surface area contributed by atoms with Gasteiger partial charge in [0.2, 0.25) is 11.6 Å². The Morgan fingerprint density at radius 3 is 2.83 bits per heavy atom. The zero-order chi connectivity index (χ0) is 12.6. The highest BCUT2D eigenvalue weighted by Gasteiger charge is 2.53. The van der Waals surface area contributed by atoms with Crippen LogP contribution in [-0.4, -0.2) is 29.6 Å². The van der Waals surface area contributed by atoms with E-state index in [9.17, 15) is 9.90 Å². The number of hydrogen-bond acceptors (Lipinski definition) is 4. The van der Waals surface area contributed by atoms with Gasteiger partial charge < -0.3 is 14.6 Å². The Morgan fingerprint density at radius 1 is 1.28 bits per heavy atom. The number of benzene rings is 1. The minimum Gasteiger partial charge on any atom is -0.365 e. The second kappa shape index (κ2) is 4.31. The number of aliphatic hydroxyl groups excluding tert-OH is 1. The van der Waals surface area contributed by atoms with E-state index in [0.717, 1.165) is 5.56 Å². The van der Waals surface area contributed by atoms with Gasteiger partial charge in [0.25, 0.3) is 0 Å². The largest absolute Gasteiger partial charge is 0.365 e. The lowest BCUT2D eigenvalue weighted by Gasteiger charge is -2.35. The lowest BCUT2D eigenvalue weighted by molar-refractivity contribution is -0.261. The van der Waals surface area contributed by atoms with E-state index in [0.29, 0.717) is 13.0 Å². The van der Waals surface area contributed by atoms with Crippen molar-refractivity contribution in [3.63, 3.8) is 0 Å². The first-order chi connectivity index (χ1) is 8.72. The van der Waals surface area contributed by atoms with Crippen molar-refractivity contribution in [1.29, 1.82) is 0 Å². The molecule has 94 valence electrons. The number of hydrogen-bond donors (Lipinski definition) is 1. The highest BCUT2D eigenvalue weighted by molar-refractivity contribution is 5.97. The molecule has 1 spiro atoms. The van der Waals surface area contributed by atoms with Crippen LogP contribution in [0.1, 0.15) is 17.9 Å². The maximum atomic E-state index is 12.1. The third-order valence-electron chi connectivity index (χ3n) is 3.44. The molecule has 2 heterocycles. The molecule has 2 aliphatic heterocycles. The molecule has 0 amide bonds. The molecule has 3 unspecified atom stereocenters. The van der Waals surface area contributed by atoms with E-state index in [-0.39, 0.29) is 11.7 Å². The predicted molar refractivity (Wildman–Crippen MR) is 63.7 cm³/mol. The smallest absolute Gasteiger partial charge is 0.242 e. The fourth-order valence-corrected chi connectivity index (χ4v) is 2.61. The van der Waals surface area contributed by atoms with Crippen LogP contribution < -0.4 is 0 Å². The molecule has 2 aliphatic rings. The number of carbonyl (C=O) groups excluding carboxylic acids is 1. The molecule has 0 aromatic heterocycles. The van der Waals surface area contributed by atoms with Crippen molar-refractivity contribution in [3.05, 3.63) is 48.0 Å². The van der Waals surface area contributed by atoms with Crippen LogP contribution >= 0.6 is 0 Å². The van der Waals surface area contributed by atoms with Crippen LogP contribution in [0.4, 0.5) is 0 Å². The van der Waals surface area contributed by atoms with Gasteiger partial charge >= 0.3 is 0 Å². The van der Waals surface area contributed by atoms with Crippen LogP contribution in [0.3, 0.4) is 0 Å². The predicted octanol–water partition coefficient (Wildman–Crippen LogP) is 1.36. The first-order valence-electron chi connectivity index (χ1n) is 6.00. The standard InChI is InChI=1S/C14H14O4/c15-12-6-7-13(16)18-14(12)11(8-9-17-14)10-4-2-1-3-5-10/h1-7,11,13,16H,8-9H2. The van der Waals surface area contributed by atoms with Gasteiger partial charge in [-0.2, -0.15) is 0 Å². The molecule has 1 saturated heterocycles. The average molecular weight is 246 g/mol. The Kier molecular flexibility index (Phi) is 2.78. The summed E-state index contributed by atoms with van der Waals surface area (Å²) >= 11 is 0. The van der Waals surface area contributed by atoms with Crippen LogP contribution in [0.2, 0.25) is 0 Å². The number of carbonyl (C=O) groups is 1. The second-order valence-corrected chi connectivity index (χ2v) is 4.50. The topological polar surface area (TPSA) is 55.8 Å². The normalized spacial score (nSPS) is 35.3. The van der Waals surface area contributed by atoms with Gasteiger partial charge in [-0.25, -0.2) is 0 Å². The summed E-state index contributed by atoms with van der Waals surface area (Å²) in [5.41, 5.74) is 0.992. The molecule has 0 saturated carbocycles. The maximum absolute atomic E-state index is 12.1. The van der Waals surface area contributed by atoms with E-state index in [4.69, 9.17) is 9.47 Å². The third-order valence-corrected chi connectivity index (χ3v) is 3.44. The van der Waals surface area contributed by atoms with Crippen LogP contribution in [0.25, 0.3) is 0 Å². The molecule has 0 aliphatic carbocycles. The van der Waals surface area contributed by atoms with Crippen molar-refractivity contribution in [2.75, 3.05) is 6.61 Å². The van der Waals surface area contributed by atoms with E-state index >= 15 is 0 Å². The molecule has 0 radical (unpaired) electrons. The molecule has 3 atom stereocenters. The minimum absolute atomic E-state index is 0.175. The van der Waals surface area contributed by atoms with E-state index in [2.05, 4.69) is 0 Å². The number of aliphatic hydroxyl groups is 1. The van der Waals surface area contributed by atoms with Crippen LogP contribution in [0.5, 0.6) is 0 Å². The van der Waals surface area contributed by atoms with Gasteiger partial charge in [0.05, 0.1) is 6.61 Å². The molecule has 1 aromatic carbocycles. The van der Waals surface area contributed by atoms with Crippen LogP contribution in [0.15, 0.2) is 42.5 Å². The Hall–Kier alpha value is -1.49. The molecule has 0 bridgehead atoms. The van der Waals surface area contributed by atoms with E-state index in [1.165, 1.54) is 12.2 Å². The van der Waals surface area contributed by atoms with Gasteiger partial charge in [0.1, 0.15) is 0 Å². The van der Waals surface area contributed by atoms with Crippen molar-refractivity contribution in [2.24, 2.45) is 0 Å². The Bertz CT molecular complexity index is 482. The summed E-state index contributed by atoms with van der Waals surface area (Å²) in [6.45, 7) is 0.450. The van der Waals surface area contributed by atoms with Gasteiger partial charge in [0.15, 0.2) is 6.29 Å². The first kappa shape index (κ1) is 11.6. The molecular formula is C14H14O4. The Morgan fingerprint density at radius 2 is 2.06 bits per heavy atom. The van der Waals surface area contributed by atoms with E-state index in [1.807, 2.05) is 30.3 Å². The SMILES string of the molecule is O=C1C=CC(O)OC12OCCC2c1ccccc1. The fourth-order valence-electron chi connectivity index (χ4n) is 2.61. The summed E-state index contributed by atoms with van der Waals surface area (Å²) in [6, 6.07) is 9.65. The van der Waals surface area contributed by atoms with Crippen LogP contribution in [-0.2, 0) is 14.3 Å². The van der Waals surface area contributed by atoms with Gasteiger partial charge in [-0.1, -0.05) is 30.3 Å². The van der Waals surface area contributed by atoms with Crippen molar-refractivity contribution in [1.82, 2.24) is 0 Å². The van der Waals surface area contributed by atoms with Crippen molar-refractivity contribution >= 4 is 5.78 Å². The molecule has 4 heteroatoms.